The minimum absolute atomic E-state index is 0.199. The van der Waals surface area contributed by atoms with E-state index in [1.165, 1.54) is 0 Å². The number of allylic oxidation sites excluding steroid dienone is 1. The molecule has 0 radical (unpaired) electrons. The van der Waals surface area contributed by atoms with E-state index in [2.05, 4.69) is 58.8 Å². The van der Waals surface area contributed by atoms with Crippen LogP contribution in [0.3, 0.4) is 0 Å². The maximum Gasteiger partial charge on any atom is 0.231 e. The minimum atomic E-state index is 0.199. The van der Waals surface area contributed by atoms with Crippen LogP contribution >= 0.6 is 0 Å². The summed E-state index contributed by atoms with van der Waals surface area (Å²) in [5, 5.41) is 1.16. The molecule has 0 saturated carbocycles. The Morgan fingerprint density at radius 1 is 1.03 bits per heavy atom. The zero-order valence-electron chi connectivity index (χ0n) is 16.4. The molecule has 30 heavy (non-hydrogen) atoms. The van der Waals surface area contributed by atoms with Crippen LogP contribution in [0.15, 0.2) is 66.9 Å². The molecule has 0 saturated heterocycles. The third-order valence-electron chi connectivity index (χ3n) is 5.66. The molecule has 5 heteroatoms. The Bertz CT molecular complexity index is 1360. The van der Waals surface area contributed by atoms with Crippen molar-refractivity contribution < 1.29 is 19.2 Å². The molecule has 2 aliphatic rings. The number of para-hydroxylation sites is 2. The monoisotopic (exact) mass is 395 g/mol. The minimum Gasteiger partial charge on any atom is -0.493 e. The van der Waals surface area contributed by atoms with E-state index in [-0.39, 0.29) is 6.79 Å². The van der Waals surface area contributed by atoms with Gasteiger partial charge in [-0.05, 0) is 29.8 Å². The Hall–Kier alpha value is -3.99. The molecule has 146 valence electrons. The molecule has 2 aliphatic heterocycles. The van der Waals surface area contributed by atoms with Crippen molar-refractivity contribution in [3.63, 3.8) is 0 Å². The molecular weight excluding hydrogens is 376 g/mol. The van der Waals surface area contributed by atoms with Gasteiger partial charge in [-0.1, -0.05) is 30.3 Å². The Morgan fingerprint density at radius 3 is 2.83 bits per heavy atom. The fourth-order valence-electron chi connectivity index (χ4n) is 4.29. The zero-order valence-corrected chi connectivity index (χ0v) is 16.4. The van der Waals surface area contributed by atoms with Crippen molar-refractivity contribution in [2.45, 2.75) is 0 Å². The number of methoxy groups -OCH3 is 1. The molecule has 0 aliphatic carbocycles. The lowest BCUT2D eigenvalue weighted by Gasteiger charge is -2.13. The van der Waals surface area contributed by atoms with Gasteiger partial charge in [-0.25, -0.2) is 4.99 Å². The first-order valence-electron chi connectivity index (χ1n) is 9.81. The van der Waals surface area contributed by atoms with E-state index in [4.69, 9.17) is 14.2 Å². The number of aromatic amines is 1. The van der Waals surface area contributed by atoms with Gasteiger partial charge in [0, 0.05) is 34.3 Å². The number of hydrogen-bond donors (Lipinski definition) is 2. The summed E-state index contributed by atoms with van der Waals surface area (Å²) in [6, 6.07) is 20.7. The molecule has 4 aromatic rings. The SMILES string of the molecule is COc1cc(/C(=C2/C=[NH+]c3ccccc32)c2c[nH]c3ccccc23)cc2c1OCO2. The third-order valence-corrected chi connectivity index (χ3v) is 5.66. The Balaban J connectivity index is 1.68. The second kappa shape index (κ2) is 6.52. The van der Waals surface area contributed by atoms with E-state index in [1.807, 2.05) is 24.3 Å². The van der Waals surface area contributed by atoms with E-state index in [1.54, 1.807) is 7.11 Å². The average Bonchev–Trinajstić information content (AvgIpc) is 3.53. The highest BCUT2D eigenvalue weighted by molar-refractivity contribution is 6.25. The molecule has 0 atom stereocenters. The van der Waals surface area contributed by atoms with Gasteiger partial charge in [-0.15, -0.1) is 0 Å². The molecule has 0 fully saturated rings. The summed E-state index contributed by atoms with van der Waals surface area (Å²) < 4.78 is 16.9. The molecular formula is C25H19N2O3+. The molecule has 0 amide bonds. The summed E-state index contributed by atoms with van der Waals surface area (Å²) in [5.41, 5.74) is 7.70. The highest BCUT2D eigenvalue weighted by Crippen LogP contribution is 2.46. The Kier molecular flexibility index (Phi) is 3.68. The lowest BCUT2D eigenvalue weighted by Crippen LogP contribution is -2.58. The largest absolute Gasteiger partial charge is 0.493 e. The quantitative estimate of drug-likeness (QED) is 0.557. The van der Waals surface area contributed by atoms with Crippen LogP contribution < -0.4 is 19.2 Å². The predicted octanol–water partition coefficient (Wildman–Crippen LogP) is 3.66. The molecule has 0 unspecified atom stereocenters. The van der Waals surface area contributed by atoms with Crippen LogP contribution in [0.2, 0.25) is 0 Å². The molecule has 3 heterocycles. The number of benzene rings is 3. The van der Waals surface area contributed by atoms with Crippen LogP contribution in [0.25, 0.3) is 22.0 Å². The summed E-state index contributed by atoms with van der Waals surface area (Å²) in [6.45, 7) is 0.199. The van der Waals surface area contributed by atoms with Crippen molar-refractivity contribution in [3.05, 3.63) is 83.6 Å². The van der Waals surface area contributed by atoms with Gasteiger partial charge < -0.3 is 19.2 Å². The van der Waals surface area contributed by atoms with E-state index in [0.29, 0.717) is 17.2 Å². The van der Waals surface area contributed by atoms with E-state index >= 15 is 0 Å². The van der Waals surface area contributed by atoms with Gasteiger partial charge in [0.25, 0.3) is 0 Å². The topological polar surface area (TPSA) is 57.5 Å². The smallest absolute Gasteiger partial charge is 0.231 e. The van der Waals surface area contributed by atoms with Gasteiger partial charge in [0.1, 0.15) is 0 Å². The predicted molar refractivity (Wildman–Crippen MR) is 116 cm³/mol. The van der Waals surface area contributed by atoms with Crippen molar-refractivity contribution in [1.29, 1.82) is 0 Å². The fraction of sp³-hybridized carbons (Fsp3) is 0.0800. The highest BCUT2D eigenvalue weighted by atomic mass is 16.7. The van der Waals surface area contributed by atoms with Crippen LogP contribution in [-0.4, -0.2) is 25.1 Å². The molecule has 2 N–H and O–H groups in total. The van der Waals surface area contributed by atoms with Gasteiger partial charge in [0.2, 0.25) is 18.2 Å². The number of ether oxygens (including phenoxy) is 3. The average molecular weight is 395 g/mol. The van der Waals surface area contributed by atoms with Gasteiger partial charge in [-0.3, -0.25) is 0 Å². The van der Waals surface area contributed by atoms with Crippen molar-refractivity contribution in [2.75, 3.05) is 13.9 Å². The highest BCUT2D eigenvalue weighted by Gasteiger charge is 2.28. The first-order valence-corrected chi connectivity index (χ1v) is 9.81. The van der Waals surface area contributed by atoms with Crippen molar-refractivity contribution in [3.8, 4) is 17.2 Å². The van der Waals surface area contributed by atoms with E-state index < -0.39 is 0 Å². The number of nitrogens with one attached hydrogen (secondary N) is 2. The Morgan fingerprint density at radius 2 is 1.90 bits per heavy atom. The molecule has 3 aromatic carbocycles. The number of rotatable bonds is 3. The van der Waals surface area contributed by atoms with Crippen LogP contribution in [0.1, 0.15) is 16.7 Å². The number of fused-ring (bicyclic) bond motifs is 3. The molecule has 0 bridgehead atoms. The lowest BCUT2D eigenvalue weighted by atomic mass is 9.89. The van der Waals surface area contributed by atoms with Gasteiger partial charge in [0.15, 0.2) is 17.7 Å². The summed E-state index contributed by atoms with van der Waals surface area (Å²) >= 11 is 0. The van der Waals surface area contributed by atoms with Gasteiger partial charge in [0.05, 0.1) is 18.2 Å². The summed E-state index contributed by atoms with van der Waals surface area (Å²) in [6.07, 6.45) is 4.14. The second-order valence-electron chi connectivity index (χ2n) is 7.28. The summed E-state index contributed by atoms with van der Waals surface area (Å²) in [4.78, 5) is 6.82. The number of H-pyrrole nitrogens is 1. The van der Waals surface area contributed by atoms with Crippen LogP contribution in [0.5, 0.6) is 17.2 Å². The van der Waals surface area contributed by atoms with Crippen molar-refractivity contribution in [2.24, 2.45) is 0 Å². The van der Waals surface area contributed by atoms with Crippen LogP contribution in [0, 0.1) is 0 Å². The normalized spacial score (nSPS) is 15.5. The lowest BCUT2D eigenvalue weighted by molar-refractivity contribution is -0.342. The standard InChI is InChI=1S/C25H18N2O3/c1-28-22-10-15(11-23-25(22)30-14-29-23)24(18-12-26-20-8-4-2-6-16(18)20)19-13-27-21-9-5-3-7-17(19)21/h2-13,26H,14H2,1H3/p+1/b24-19+. The van der Waals surface area contributed by atoms with E-state index in [9.17, 15) is 0 Å². The van der Waals surface area contributed by atoms with Gasteiger partial charge in [-0.2, -0.15) is 0 Å². The maximum atomic E-state index is 5.71. The van der Waals surface area contributed by atoms with Crippen molar-refractivity contribution >= 4 is 34.0 Å². The first-order chi connectivity index (χ1) is 14.8. The molecule has 5 nitrogen and oxygen atoms in total. The van der Waals surface area contributed by atoms with Gasteiger partial charge >= 0.3 is 0 Å². The fourth-order valence-corrected chi connectivity index (χ4v) is 4.29. The van der Waals surface area contributed by atoms with Crippen LogP contribution in [-0.2, 0) is 0 Å². The Labute approximate surface area is 173 Å². The molecule has 6 rings (SSSR count). The second-order valence-corrected chi connectivity index (χ2v) is 7.28. The number of hydrogen-bond acceptors (Lipinski definition) is 3. The first kappa shape index (κ1) is 16.9. The maximum absolute atomic E-state index is 5.71. The molecule has 1 aromatic heterocycles. The van der Waals surface area contributed by atoms with Crippen molar-refractivity contribution in [1.82, 2.24) is 4.98 Å². The van der Waals surface area contributed by atoms with E-state index in [0.717, 1.165) is 44.4 Å². The van der Waals surface area contributed by atoms with Crippen LogP contribution in [0.4, 0.5) is 5.69 Å². The summed E-state index contributed by atoms with van der Waals surface area (Å²) in [7, 11) is 1.65. The zero-order chi connectivity index (χ0) is 20.1. The summed E-state index contributed by atoms with van der Waals surface area (Å²) in [5.74, 6) is 2.01. The third kappa shape index (κ3) is 2.45. The number of aromatic nitrogens is 1. The molecule has 0 spiro atoms.